The number of rotatable bonds is 2. The summed E-state index contributed by atoms with van der Waals surface area (Å²) in [5, 5.41) is 16.0. The molecule has 5 nitrogen and oxygen atoms in total. The first-order chi connectivity index (χ1) is 8.33. The molecule has 0 spiro atoms. The Balaban J connectivity index is 1.89. The minimum atomic E-state index is 0.348. The largest absolute Gasteiger partial charge is 0.314 e. The monoisotopic (exact) mass is 229 g/mol. The van der Waals surface area contributed by atoms with Gasteiger partial charge in [0.1, 0.15) is 0 Å². The topological polar surface area (TPSA) is 55.6 Å². The minimum absolute atomic E-state index is 0.348. The molecule has 0 aliphatic carbocycles. The van der Waals surface area contributed by atoms with Gasteiger partial charge >= 0.3 is 0 Å². The molecule has 1 saturated heterocycles. The molecule has 1 fully saturated rings. The summed E-state index contributed by atoms with van der Waals surface area (Å²) in [6, 6.07) is 8.52. The summed E-state index contributed by atoms with van der Waals surface area (Å²) in [6.07, 6.45) is 1.07. The molecule has 0 saturated carbocycles. The van der Waals surface area contributed by atoms with Gasteiger partial charge in [-0.3, -0.25) is 0 Å². The Morgan fingerprint density at radius 3 is 3.12 bits per heavy atom. The Morgan fingerprint density at radius 1 is 1.41 bits per heavy atom. The summed E-state index contributed by atoms with van der Waals surface area (Å²) in [7, 11) is 0. The van der Waals surface area contributed by atoms with E-state index in [2.05, 4.69) is 39.8 Å². The summed E-state index contributed by atoms with van der Waals surface area (Å²) in [6.45, 7) is 4.03. The van der Waals surface area contributed by atoms with Gasteiger partial charge in [0.2, 0.25) is 5.82 Å². The van der Waals surface area contributed by atoms with Crippen LogP contribution in [0.15, 0.2) is 24.3 Å². The van der Waals surface area contributed by atoms with E-state index in [1.54, 1.807) is 4.80 Å². The van der Waals surface area contributed by atoms with Crippen molar-refractivity contribution < 1.29 is 0 Å². The predicted octanol–water partition coefficient (Wildman–Crippen LogP) is 1.18. The van der Waals surface area contributed by atoms with Gasteiger partial charge in [-0.05, 0) is 31.2 Å². The molecule has 2 heterocycles. The Hall–Kier alpha value is -1.75. The molecule has 1 unspecified atom stereocenters. The van der Waals surface area contributed by atoms with Crippen LogP contribution in [0.3, 0.4) is 0 Å². The maximum absolute atomic E-state index is 4.46. The molecule has 5 heteroatoms. The van der Waals surface area contributed by atoms with Gasteiger partial charge in [0.25, 0.3) is 0 Å². The maximum atomic E-state index is 4.46. The van der Waals surface area contributed by atoms with Crippen molar-refractivity contribution in [1.29, 1.82) is 0 Å². The van der Waals surface area contributed by atoms with Gasteiger partial charge in [0.15, 0.2) is 0 Å². The molecule has 1 N–H and O–H groups in total. The second kappa shape index (κ2) is 4.25. The zero-order valence-electron chi connectivity index (χ0n) is 9.80. The van der Waals surface area contributed by atoms with Crippen molar-refractivity contribution in [2.75, 3.05) is 13.1 Å². The number of tetrazole rings is 1. The van der Waals surface area contributed by atoms with Crippen molar-refractivity contribution in [2.24, 2.45) is 0 Å². The lowest BCUT2D eigenvalue weighted by Crippen LogP contribution is -2.15. The van der Waals surface area contributed by atoms with Gasteiger partial charge in [-0.15, -0.1) is 10.2 Å². The molecule has 3 rings (SSSR count). The quantitative estimate of drug-likeness (QED) is 0.840. The van der Waals surface area contributed by atoms with Crippen molar-refractivity contribution in [3.05, 3.63) is 29.8 Å². The average molecular weight is 229 g/mol. The molecule has 1 aromatic carbocycles. The lowest BCUT2D eigenvalue weighted by molar-refractivity contribution is 0.424. The van der Waals surface area contributed by atoms with E-state index in [-0.39, 0.29) is 0 Å². The molecule has 2 aromatic rings. The fourth-order valence-electron chi connectivity index (χ4n) is 2.12. The minimum Gasteiger partial charge on any atom is -0.314 e. The average Bonchev–Trinajstić information content (AvgIpc) is 3.00. The molecular weight excluding hydrogens is 214 g/mol. The van der Waals surface area contributed by atoms with Gasteiger partial charge < -0.3 is 5.32 Å². The molecule has 1 aromatic heterocycles. The highest BCUT2D eigenvalue weighted by molar-refractivity contribution is 5.54. The van der Waals surface area contributed by atoms with Crippen LogP contribution in [0.2, 0.25) is 0 Å². The normalized spacial score (nSPS) is 19.7. The third kappa shape index (κ3) is 2.06. The second-order valence-electron chi connectivity index (χ2n) is 4.45. The van der Waals surface area contributed by atoms with Crippen LogP contribution >= 0.6 is 0 Å². The SMILES string of the molecule is Cc1cccc(-c2nnn(C3CCNC3)n2)c1. The Labute approximate surface area is 99.8 Å². The van der Waals surface area contributed by atoms with Gasteiger partial charge in [-0.25, -0.2) is 0 Å². The van der Waals surface area contributed by atoms with E-state index in [0.29, 0.717) is 11.9 Å². The highest BCUT2D eigenvalue weighted by Gasteiger charge is 2.19. The first kappa shape index (κ1) is 10.4. The van der Waals surface area contributed by atoms with Gasteiger partial charge in [0, 0.05) is 12.1 Å². The van der Waals surface area contributed by atoms with Crippen molar-refractivity contribution >= 4 is 0 Å². The first-order valence-electron chi connectivity index (χ1n) is 5.90. The zero-order valence-corrected chi connectivity index (χ0v) is 9.80. The number of benzene rings is 1. The van der Waals surface area contributed by atoms with E-state index in [9.17, 15) is 0 Å². The van der Waals surface area contributed by atoms with E-state index in [0.717, 1.165) is 25.1 Å². The van der Waals surface area contributed by atoms with Crippen molar-refractivity contribution in [3.8, 4) is 11.4 Å². The summed E-state index contributed by atoms with van der Waals surface area (Å²) < 4.78 is 0. The Bertz CT molecular complexity index is 513. The fourth-order valence-corrected chi connectivity index (χ4v) is 2.12. The van der Waals surface area contributed by atoms with E-state index in [1.165, 1.54) is 5.56 Å². The van der Waals surface area contributed by atoms with E-state index in [4.69, 9.17) is 0 Å². The third-order valence-corrected chi connectivity index (χ3v) is 3.07. The summed E-state index contributed by atoms with van der Waals surface area (Å²) in [4.78, 5) is 1.73. The summed E-state index contributed by atoms with van der Waals surface area (Å²) >= 11 is 0. The van der Waals surface area contributed by atoms with Gasteiger partial charge in [0.05, 0.1) is 6.04 Å². The van der Waals surface area contributed by atoms with E-state index < -0.39 is 0 Å². The van der Waals surface area contributed by atoms with Crippen molar-refractivity contribution in [2.45, 2.75) is 19.4 Å². The van der Waals surface area contributed by atoms with Crippen LogP contribution in [0, 0.1) is 6.92 Å². The highest BCUT2D eigenvalue weighted by Crippen LogP contribution is 2.17. The molecular formula is C12H15N5. The smallest absolute Gasteiger partial charge is 0.204 e. The molecule has 0 amide bonds. The van der Waals surface area contributed by atoms with Crippen LogP contribution in [-0.4, -0.2) is 33.3 Å². The number of hydrogen-bond acceptors (Lipinski definition) is 4. The second-order valence-corrected chi connectivity index (χ2v) is 4.45. The number of aryl methyl sites for hydroxylation is 1. The standard InChI is InChI=1S/C12H15N5/c1-9-3-2-4-10(7-9)12-14-16-17(15-12)11-5-6-13-8-11/h2-4,7,11,13H,5-6,8H2,1H3. The molecule has 0 radical (unpaired) electrons. The summed E-state index contributed by atoms with van der Waals surface area (Å²) in [5.74, 6) is 0.709. The zero-order chi connectivity index (χ0) is 11.7. The number of aromatic nitrogens is 4. The first-order valence-corrected chi connectivity index (χ1v) is 5.90. The molecule has 0 bridgehead atoms. The Kier molecular flexibility index (Phi) is 2.60. The molecule has 1 atom stereocenters. The third-order valence-electron chi connectivity index (χ3n) is 3.07. The molecule has 17 heavy (non-hydrogen) atoms. The van der Waals surface area contributed by atoms with Crippen molar-refractivity contribution in [3.63, 3.8) is 0 Å². The fraction of sp³-hybridized carbons (Fsp3) is 0.417. The van der Waals surface area contributed by atoms with Crippen LogP contribution in [0.5, 0.6) is 0 Å². The maximum Gasteiger partial charge on any atom is 0.204 e. The lowest BCUT2D eigenvalue weighted by atomic mass is 10.1. The van der Waals surface area contributed by atoms with Crippen LogP contribution in [0.25, 0.3) is 11.4 Å². The van der Waals surface area contributed by atoms with Gasteiger partial charge in [-0.1, -0.05) is 23.8 Å². The number of nitrogens with one attached hydrogen (secondary N) is 1. The predicted molar refractivity (Wildman–Crippen MR) is 64.5 cm³/mol. The van der Waals surface area contributed by atoms with Gasteiger partial charge in [-0.2, -0.15) is 4.80 Å². The molecule has 1 aliphatic rings. The number of nitrogens with zero attached hydrogens (tertiary/aromatic N) is 4. The molecule has 1 aliphatic heterocycles. The van der Waals surface area contributed by atoms with Crippen LogP contribution < -0.4 is 5.32 Å². The van der Waals surface area contributed by atoms with Crippen molar-refractivity contribution in [1.82, 2.24) is 25.5 Å². The van der Waals surface area contributed by atoms with Crippen LogP contribution in [0.1, 0.15) is 18.0 Å². The highest BCUT2D eigenvalue weighted by atomic mass is 15.6. The molecule has 88 valence electrons. The Morgan fingerprint density at radius 2 is 2.35 bits per heavy atom. The van der Waals surface area contributed by atoms with E-state index >= 15 is 0 Å². The lowest BCUT2D eigenvalue weighted by Gasteiger charge is -2.04. The number of hydrogen-bond donors (Lipinski definition) is 1. The summed E-state index contributed by atoms with van der Waals surface area (Å²) in [5.41, 5.74) is 2.24. The van der Waals surface area contributed by atoms with Crippen LogP contribution in [-0.2, 0) is 0 Å². The van der Waals surface area contributed by atoms with Crippen LogP contribution in [0.4, 0.5) is 0 Å². The van der Waals surface area contributed by atoms with E-state index in [1.807, 2.05) is 12.1 Å².